The van der Waals surface area contributed by atoms with Gasteiger partial charge in [-0.05, 0) is 83.9 Å². The first-order valence-corrected chi connectivity index (χ1v) is 9.25. The van der Waals surface area contributed by atoms with E-state index >= 15 is 0 Å². The van der Waals surface area contributed by atoms with Crippen LogP contribution in [0, 0.1) is 0 Å². The Kier molecular flexibility index (Phi) is 8.63. The lowest BCUT2D eigenvalue weighted by Crippen LogP contribution is -2.29. The molecule has 0 aromatic carbocycles. The number of nitrogens with zero attached hydrogens (tertiary/aromatic N) is 1. The monoisotopic (exact) mass is 402 g/mol. The zero-order valence-corrected chi connectivity index (χ0v) is 18.1. The normalized spacial score (nSPS) is 11.4. The average molecular weight is 402 g/mol. The lowest BCUT2D eigenvalue weighted by molar-refractivity contribution is -0.0293. The van der Waals surface area contributed by atoms with Gasteiger partial charge in [0.1, 0.15) is 11.2 Å². The molecule has 0 saturated carbocycles. The number of carbonyl (C=O) groups excluding carboxylic acids is 2. The van der Waals surface area contributed by atoms with E-state index in [0.717, 1.165) is 5.69 Å². The molecule has 0 bridgehead atoms. The fraction of sp³-hybridized carbons (Fsp3) is 0.409. The van der Waals surface area contributed by atoms with Gasteiger partial charge in [0, 0.05) is 24.3 Å². The standard InChI is InChI=1S/C12H12N2.C10H18O5/c1-2-3-12-8-11(9-14-12)10-4-6-13-7-5-10;1-9(2,3)14-7(11)13-8(12)15-10(4,5)6/h2-9,14H,1H3;1-6H3/b3-2+;. The first-order chi connectivity index (χ1) is 13.4. The molecule has 2 heterocycles. The van der Waals surface area contributed by atoms with Crippen LogP contribution in [-0.4, -0.2) is 33.5 Å². The van der Waals surface area contributed by atoms with Crippen molar-refractivity contribution in [3.63, 3.8) is 0 Å². The minimum Gasteiger partial charge on any atom is -0.428 e. The van der Waals surface area contributed by atoms with Crippen LogP contribution in [0.3, 0.4) is 0 Å². The summed E-state index contributed by atoms with van der Waals surface area (Å²) in [5, 5.41) is 0. The number of hydrogen-bond acceptors (Lipinski definition) is 6. The molecule has 7 nitrogen and oxygen atoms in total. The fourth-order valence-electron chi connectivity index (χ4n) is 2.01. The molecule has 0 unspecified atom stereocenters. The van der Waals surface area contributed by atoms with E-state index in [1.54, 1.807) is 53.9 Å². The van der Waals surface area contributed by atoms with E-state index in [4.69, 9.17) is 9.47 Å². The van der Waals surface area contributed by atoms with Crippen LogP contribution in [0.25, 0.3) is 17.2 Å². The summed E-state index contributed by atoms with van der Waals surface area (Å²) in [6, 6.07) is 6.13. The van der Waals surface area contributed by atoms with Gasteiger partial charge in [0.05, 0.1) is 0 Å². The van der Waals surface area contributed by atoms with Crippen molar-refractivity contribution in [2.45, 2.75) is 59.7 Å². The Bertz CT molecular complexity index is 786. The number of ether oxygens (including phenoxy) is 3. The van der Waals surface area contributed by atoms with Crippen LogP contribution in [-0.2, 0) is 14.2 Å². The van der Waals surface area contributed by atoms with Crippen LogP contribution in [0.5, 0.6) is 0 Å². The zero-order chi connectivity index (χ0) is 22.1. The molecular formula is C22H30N2O5. The van der Waals surface area contributed by atoms with Crippen molar-refractivity contribution in [2.75, 3.05) is 0 Å². The Hall–Kier alpha value is -3.09. The molecule has 29 heavy (non-hydrogen) atoms. The summed E-state index contributed by atoms with van der Waals surface area (Å²) in [5.41, 5.74) is 2.12. The molecule has 0 aliphatic rings. The van der Waals surface area contributed by atoms with E-state index < -0.39 is 23.5 Å². The Morgan fingerprint density at radius 1 is 0.931 bits per heavy atom. The first-order valence-electron chi connectivity index (χ1n) is 9.25. The van der Waals surface area contributed by atoms with E-state index in [0.29, 0.717) is 0 Å². The topological polar surface area (TPSA) is 90.5 Å². The van der Waals surface area contributed by atoms with Gasteiger partial charge in [-0.1, -0.05) is 6.08 Å². The molecule has 2 rings (SSSR count). The summed E-state index contributed by atoms with van der Waals surface area (Å²) < 4.78 is 13.8. The number of allylic oxidation sites excluding steroid dienone is 1. The molecular weight excluding hydrogens is 372 g/mol. The van der Waals surface area contributed by atoms with Gasteiger partial charge in [0.2, 0.25) is 0 Å². The summed E-state index contributed by atoms with van der Waals surface area (Å²) in [7, 11) is 0. The van der Waals surface area contributed by atoms with Crippen molar-refractivity contribution >= 4 is 18.4 Å². The van der Waals surface area contributed by atoms with Crippen molar-refractivity contribution in [3.05, 3.63) is 48.6 Å². The molecule has 0 aliphatic carbocycles. The number of nitrogens with one attached hydrogen (secondary N) is 1. The molecule has 0 saturated heterocycles. The summed E-state index contributed by atoms with van der Waals surface area (Å²) in [6.45, 7) is 12.0. The van der Waals surface area contributed by atoms with Crippen LogP contribution in [0.2, 0.25) is 0 Å². The Balaban J connectivity index is 0.000000290. The van der Waals surface area contributed by atoms with E-state index in [1.807, 2.05) is 37.4 Å². The predicted octanol–water partition coefficient (Wildman–Crippen LogP) is 5.98. The number of pyridine rings is 1. The smallest absolute Gasteiger partial charge is 0.428 e. The Morgan fingerprint density at radius 3 is 1.90 bits per heavy atom. The molecule has 0 aliphatic heterocycles. The third-order valence-electron chi connectivity index (χ3n) is 3.01. The highest BCUT2D eigenvalue weighted by atomic mass is 16.8. The molecule has 0 radical (unpaired) electrons. The van der Waals surface area contributed by atoms with Gasteiger partial charge in [0.15, 0.2) is 0 Å². The molecule has 2 aromatic rings. The number of aromatic amines is 1. The largest absolute Gasteiger partial charge is 0.519 e. The summed E-state index contributed by atoms with van der Waals surface area (Å²) in [4.78, 5) is 29.2. The molecule has 0 fully saturated rings. The second kappa shape index (κ2) is 10.5. The van der Waals surface area contributed by atoms with Gasteiger partial charge < -0.3 is 19.2 Å². The van der Waals surface area contributed by atoms with E-state index in [9.17, 15) is 9.59 Å². The van der Waals surface area contributed by atoms with Gasteiger partial charge in [-0.2, -0.15) is 0 Å². The number of carbonyl (C=O) groups is 2. The maximum Gasteiger partial charge on any atom is 0.519 e. The second-order valence-electron chi connectivity index (χ2n) is 8.11. The first kappa shape index (κ1) is 23.9. The van der Waals surface area contributed by atoms with Crippen LogP contribution in [0.15, 0.2) is 42.9 Å². The third kappa shape index (κ3) is 10.7. The molecule has 0 spiro atoms. The third-order valence-corrected chi connectivity index (χ3v) is 3.01. The fourth-order valence-corrected chi connectivity index (χ4v) is 2.01. The van der Waals surface area contributed by atoms with Crippen LogP contribution in [0.1, 0.15) is 54.2 Å². The minimum atomic E-state index is -1.06. The molecule has 7 heteroatoms. The van der Waals surface area contributed by atoms with Gasteiger partial charge >= 0.3 is 12.3 Å². The Morgan fingerprint density at radius 2 is 1.45 bits per heavy atom. The molecule has 158 valence electrons. The highest BCUT2D eigenvalue weighted by Gasteiger charge is 2.24. The summed E-state index contributed by atoms with van der Waals surface area (Å²) >= 11 is 0. The van der Waals surface area contributed by atoms with Crippen molar-refractivity contribution < 1.29 is 23.8 Å². The molecule has 0 amide bonds. The van der Waals surface area contributed by atoms with Crippen molar-refractivity contribution in [1.82, 2.24) is 9.97 Å². The van der Waals surface area contributed by atoms with Crippen LogP contribution in [0.4, 0.5) is 9.59 Å². The maximum absolute atomic E-state index is 11.0. The van der Waals surface area contributed by atoms with Crippen molar-refractivity contribution in [1.29, 1.82) is 0 Å². The van der Waals surface area contributed by atoms with E-state index in [1.165, 1.54) is 11.1 Å². The maximum atomic E-state index is 11.0. The van der Waals surface area contributed by atoms with Crippen LogP contribution >= 0.6 is 0 Å². The summed E-state index contributed by atoms with van der Waals surface area (Å²) in [6.07, 6.45) is 7.56. The van der Waals surface area contributed by atoms with Gasteiger partial charge in [-0.3, -0.25) is 4.98 Å². The SMILES string of the molecule is C/C=C/c1cc(-c2ccncc2)c[nH]1.CC(C)(C)OC(=O)OC(=O)OC(C)(C)C. The number of aromatic nitrogens is 2. The van der Waals surface area contributed by atoms with Crippen molar-refractivity contribution in [2.24, 2.45) is 0 Å². The lowest BCUT2D eigenvalue weighted by Gasteiger charge is -2.20. The van der Waals surface area contributed by atoms with E-state index in [2.05, 4.69) is 20.8 Å². The molecule has 1 N–H and O–H groups in total. The van der Waals surface area contributed by atoms with Gasteiger partial charge in [-0.15, -0.1) is 0 Å². The molecule has 0 atom stereocenters. The summed E-state index contributed by atoms with van der Waals surface area (Å²) in [5.74, 6) is 0. The predicted molar refractivity (Wildman–Crippen MR) is 112 cm³/mol. The quantitative estimate of drug-likeness (QED) is 0.490. The minimum absolute atomic E-state index is 0.695. The van der Waals surface area contributed by atoms with Gasteiger partial charge in [-0.25, -0.2) is 9.59 Å². The lowest BCUT2D eigenvalue weighted by atomic mass is 10.1. The number of H-pyrrole nitrogens is 1. The highest BCUT2D eigenvalue weighted by Crippen LogP contribution is 2.19. The van der Waals surface area contributed by atoms with E-state index in [-0.39, 0.29) is 0 Å². The average Bonchev–Trinajstić information content (AvgIpc) is 3.01. The van der Waals surface area contributed by atoms with Crippen molar-refractivity contribution in [3.8, 4) is 11.1 Å². The number of rotatable bonds is 2. The zero-order valence-electron chi connectivity index (χ0n) is 18.1. The number of hydrogen-bond donors (Lipinski definition) is 1. The second-order valence-corrected chi connectivity index (χ2v) is 8.11. The highest BCUT2D eigenvalue weighted by molar-refractivity contribution is 5.77. The Labute approximate surface area is 172 Å². The van der Waals surface area contributed by atoms with Crippen LogP contribution < -0.4 is 0 Å². The molecule has 2 aromatic heterocycles. The van der Waals surface area contributed by atoms with Gasteiger partial charge in [0.25, 0.3) is 0 Å².